The zero-order chi connectivity index (χ0) is 13.3. The maximum atomic E-state index is 10.8. The highest BCUT2D eigenvalue weighted by Gasteiger charge is 2.39. The molecule has 1 atom stereocenters. The summed E-state index contributed by atoms with van der Waals surface area (Å²) in [6, 6.07) is 12.3. The van der Waals surface area contributed by atoms with Crippen LogP contribution in [0.15, 0.2) is 42.6 Å². The van der Waals surface area contributed by atoms with Crippen molar-refractivity contribution in [3.8, 4) is 0 Å². The summed E-state index contributed by atoms with van der Waals surface area (Å²) < 4.78 is 1.77. The fourth-order valence-corrected chi connectivity index (χ4v) is 2.89. The van der Waals surface area contributed by atoms with Gasteiger partial charge >= 0.3 is 0 Å². The van der Waals surface area contributed by atoms with Crippen LogP contribution in [0.5, 0.6) is 0 Å². The quantitative estimate of drug-likeness (QED) is 0.906. The number of likely N-dealkylation sites (tertiary alicyclic amines) is 1. The van der Waals surface area contributed by atoms with Crippen LogP contribution in [0.25, 0.3) is 0 Å². The zero-order valence-corrected chi connectivity index (χ0v) is 11.2. The summed E-state index contributed by atoms with van der Waals surface area (Å²) in [6.07, 6.45) is 2.51. The minimum Gasteiger partial charge on any atom is -0.382 e. The second-order valence-corrected chi connectivity index (χ2v) is 5.32. The third-order valence-corrected chi connectivity index (χ3v) is 3.87. The van der Waals surface area contributed by atoms with Crippen LogP contribution in [-0.4, -0.2) is 32.9 Å². The molecule has 2 aromatic rings. The van der Waals surface area contributed by atoms with E-state index in [1.165, 1.54) is 5.56 Å². The molecule has 4 nitrogen and oxygen atoms in total. The molecule has 0 saturated carbocycles. The monoisotopic (exact) mass is 257 g/mol. The molecular weight excluding hydrogens is 238 g/mol. The van der Waals surface area contributed by atoms with Crippen LogP contribution in [0.3, 0.4) is 0 Å². The molecule has 0 bridgehead atoms. The number of hydrogen-bond acceptors (Lipinski definition) is 3. The minimum absolute atomic E-state index is 0.668. The van der Waals surface area contributed by atoms with Gasteiger partial charge in [0.25, 0.3) is 0 Å². The van der Waals surface area contributed by atoms with Crippen molar-refractivity contribution in [2.45, 2.75) is 18.6 Å². The Bertz CT molecular complexity index is 552. The first-order valence-corrected chi connectivity index (χ1v) is 6.64. The highest BCUT2D eigenvalue weighted by atomic mass is 16.3. The average Bonchev–Trinajstić information content (AvgIpc) is 2.98. The first-order valence-electron chi connectivity index (χ1n) is 6.64. The smallest absolute Gasteiger partial charge is 0.120 e. The van der Waals surface area contributed by atoms with E-state index >= 15 is 0 Å². The fraction of sp³-hybridized carbons (Fsp3) is 0.400. The Labute approximate surface area is 113 Å². The van der Waals surface area contributed by atoms with Gasteiger partial charge < -0.3 is 5.11 Å². The summed E-state index contributed by atoms with van der Waals surface area (Å²) in [5.41, 5.74) is 1.43. The molecule has 100 valence electrons. The van der Waals surface area contributed by atoms with Gasteiger partial charge in [0.15, 0.2) is 0 Å². The first kappa shape index (κ1) is 12.4. The summed E-state index contributed by atoms with van der Waals surface area (Å²) in [7, 11) is 1.88. The number of rotatable bonds is 3. The van der Waals surface area contributed by atoms with E-state index in [2.05, 4.69) is 34.3 Å². The SMILES string of the molecule is Cn1nccc1C1(O)CCN(Cc2ccccc2)C1. The molecule has 1 fully saturated rings. The van der Waals surface area contributed by atoms with Crippen molar-refractivity contribution in [1.29, 1.82) is 0 Å². The van der Waals surface area contributed by atoms with E-state index in [1.54, 1.807) is 10.9 Å². The van der Waals surface area contributed by atoms with Crippen molar-refractivity contribution in [3.05, 3.63) is 53.9 Å². The van der Waals surface area contributed by atoms with E-state index in [-0.39, 0.29) is 0 Å². The Balaban J connectivity index is 1.72. The Morgan fingerprint density at radius 2 is 2.05 bits per heavy atom. The lowest BCUT2D eigenvalue weighted by Crippen LogP contribution is -2.32. The predicted molar refractivity (Wildman–Crippen MR) is 73.4 cm³/mol. The number of β-amino-alcohol motifs (C(OH)–C–C–N with tert-alkyl or cyclic N) is 1. The molecule has 2 heterocycles. The van der Waals surface area contributed by atoms with Gasteiger partial charge in [-0.25, -0.2) is 0 Å². The van der Waals surface area contributed by atoms with Gasteiger partial charge in [0, 0.05) is 32.9 Å². The first-order chi connectivity index (χ1) is 9.17. The summed E-state index contributed by atoms with van der Waals surface area (Å²) >= 11 is 0. The van der Waals surface area contributed by atoms with Crippen molar-refractivity contribution in [2.75, 3.05) is 13.1 Å². The molecule has 1 N–H and O–H groups in total. The molecule has 1 unspecified atom stereocenters. The lowest BCUT2D eigenvalue weighted by atomic mass is 9.99. The Kier molecular flexibility index (Phi) is 3.12. The molecule has 1 aromatic heterocycles. The van der Waals surface area contributed by atoms with E-state index in [1.807, 2.05) is 19.2 Å². The second-order valence-electron chi connectivity index (χ2n) is 5.32. The number of aryl methyl sites for hydroxylation is 1. The van der Waals surface area contributed by atoms with Crippen molar-refractivity contribution >= 4 is 0 Å². The van der Waals surface area contributed by atoms with Crippen LogP contribution in [0.2, 0.25) is 0 Å². The molecule has 4 heteroatoms. The lowest BCUT2D eigenvalue weighted by Gasteiger charge is -2.23. The molecule has 19 heavy (non-hydrogen) atoms. The molecule has 1 aliphatic heterocycles. The standard InChI is InChI=1S/C15H19N3O/c1-17-14(7-9-16-17)15(19)8-10-18(12-15)11-13-5-3-2-4-6-13/h2-7,9,19H,8,10-12H2,1H3. The summed E-state index contributed by atoms with van der Waals surface area (Å²) in [5.74, 6) is 0. The van der Waals surface area contributed by atoms with Gasteiger partial charge in [0.05, 0.1) is 5.69 Å². The highest BCUT2D eigenvalue weighted by molar-refractivity contribution is 5.18. The van der Waals surface area contributed by atoms with Crippen LogP contribution in [0, 0.1) is 0 Å². The van der Waals surface area contributed by atoms with E-state index in [0.29, 0.717) is 6.54 Å². The van der Waals surface area contributed by atoms with E-state index < -0.39 is 5.60 Å². The van der Waals surface area contributed by atoms with E-state index in [4.69, 9.17) is 0 Å². The van der Waals surface area contributed by atoms with Crippen molar-refractivity contribution in [3.63, 3.8) is 0 Å². The number of nitrogens with zero attached hydrogens (tertiary/aromatic N) is 3. The van der Waals surface area contributed by atoms with Gasteiger partial charge in [-0.05, 0) is 18.1 Å². The highest BCUT2D eigenvalue weighted by Crippen LogP contribution is 2.32. The predicted octanol–water partition coefficient (Wildman–Crippen LogP) is 1.51. The van der Waals surface area contributed by atoms with E-state index in [0.717, 1.165) is 25.2 Å². The number of aromatic nitrogens is 2. The topological polar surface area (TPSA) is 41.3 Å². The van der Waals surface area contributed by atoms with Gasteiger partial charge in [-0.3, -0.25) is 9.58 Å². The number of benzene rings is 1. The molecule has 1 aliphatic rings. The number of hydrogen-bond donors (Lipinski definition) is 1. The third kappa shape index (κ3) is 2.41. The van der Waals surface area contributed by atoms with Crippen LogP contribution < -0.4 is 0 Å². The maximum absolute atomic E-state index is 10.8. The van der Waals surface area contributed by atoms with Crippen LogP contribution in [-0.2, 0) is 19.2 Å². The average molecular weight is 257 g/mol. The molecule has 3 rings (SSSR count). The summed E-state index contributed by atoms with van der Waals surface area (Å²) in [4.78, 5) is 2.29. The Morgan fingerprint density at radius 1 is 1.26 bits per heavy atom. The molecular formula is C15H19N3O. The Morgan fingerprint density at radius 3 is 2.74 bits per heavy atom. The van der Waals surface area contributed by atoms with Gasteiger partial charge in [0.1, 0.15) is 5.60 Å². The molecule has 1 aromatic carbocycles. The molecule has 0 spiro atoms. The van der Waals surface area contributed by atoms with Gasteiger partial charge in [0.2, 0.25) is 0 Å². The minimum atomic E-state index is -0.764. The molecule has 0 aliphatic carbocycles. The van der Waals surface area contributed by atoms with Gasteiger partial charge in [-0.2, -0.15) is 5.10 Å². The normalized spacial score (nSPS) is 23.9. The van der Waals surface area contributed by atoms with Gasteiger partial charge in [-0.1, -0.05) is 30.3 Å². The van der Waals surface area contributed by atoms with Gasteiger partial charge in [-0.15, -0.1) is 0 Å². The third-order valence-electron chi connectivity index (χ3n) is 3.87. The van der Waals surface area contributed by atoms with Crippen LogP contribution in [0.4, 0.5) is 0 Å². The zero-order valence-electron chi connectivity index (χ0n) is 11.2. The Hall–Kier alpha value is -1.65. The summed E-state index contributed by atoms with van der Waals surface area (Å²) in [5, 5.41) is 14.9. The number of aliphatic hydroxyl groups is 1. The van der Waals surface area contributed by atoms with Crippen LogP contribution >= 0.6 is 0 Å². The largest absolute Gasteiger partial charge is 0.382 e. The maximum Gasteiger partial charge on any atom is 0.120 e. The van der Waals surface area contributed by atoms with Crippen molar-refractivity contribution in [1.82, 2.24) is 14.7 Å². The lowest BCUT2D eigenvalue weighted by molar-refractivity contribution is 0.0372. The molecule has 0 radical (unpaired) electrons. The van der Waals surface area contributed by atoms with Crippen LogP contribution in [0.1, 0.15) is 17.7 Å². The van der Waals surface area contributed by atoms with Crippen molar-refractivity contribution in [2.24, 2.45) is 7.05 Å². The molecule has 0 amide bonds. The molecule has 1 saturated heterocycles. The van der Waals surface area contributed by atoms with E-state index in [9.17, 15) is 5.11 Å². The van der Waals surface area contributed by atoms with Crippen molar-refractivity contribution < 1.29 is 5.11 Å². The fourth-order valence-electron chi connectivity index (χ4n) is 2.89. The summed E-state index contributed by atoms with van der Waals surface area (Å²) in [6.45, 7) is 2.47. The second kappa shape index (κ2) is 4.79.